The Morgan fingerprint density at radius 2 is 1.95 bits per heavy atom. The van der Waals surface area contributed by atoms with Crippen molar-refractivity contribution in [2.45, 2.75) is 26.3 Å². The molecule has 1 atom stereocenters. The van der Waals surface area contributed by atoms with Crippen LogP contribution in [-0.4, -0.2) is 27.4 Å². The molecular formula is C31H26N4O4. The quantitative estimate of drug-likeness (QED) is 0.373. The summed E-state index contributed by atoms with van der Waals surface area (Å²) in [5, 5.41) is 4.86. The summed E-state index contributed by atoms with van der Waals surface area (Å²) < 4.78 is 14.3. The van der Waals surface area contributed by atoms with E-state index in [9.17, 15) is 9.59 Å². The zero-order valence-electron chi connectivity index (χ0n) is 21.8. The third kappa shape index (κ3) is 4.29. The van der Waals surface area contributed by atoms with E-state index in [2.05, 4.69) is 11.1 Å². The molecule has 8 heteroatoms. The average molecular weight is 519 g/mol. The zero-order chi connectivity index (χ0) is 27.1. The molecule has 0 N–H and O–H groups in total. The lowest BCUT2D eigenvalue weighted by atomic mass is 9.95. The second-order valence-electron chi connectivity index (χ2n) is 9.53. The number of aryl methyl sites for hydroxylation is 1. The molecule has 2 aliphatic rings. The molecule has 0 fully saturated rings. The number of esters is 1. The lowest BCUT2D eigenvalue weighted by Crippen LogP contribution is -2.40. The van der Waals surface area contributed by atoms with Gasteiger partial charge in [0, 0.05) is 17.3 Å². The molecule has 1 unspecified atom stereocenters. The Morgan fingerprint density at radius 1 is 1.13 bits per heavy atom. The third-order valence-corrected chi connectivity index (χ3v) is 6.92. The van der Waals surface area contributed by atoms with Gasteiger partial charge in [0.25, 0.3) is 5.56 Å². The third-order valence-electron chi connectivity index (χ3n) is 6.92. The predicted molar refractivity (Wildman–Crippen MR) is 147 cm³/mol. The summed E-state index contributed by atoms with van der Waals surface area (Å²) in [5.74, 6) is -0.524. The standard InChI is InChI=1S/C31H26N4O4/c1-19-10-9-13-22(16-19)27-23(18-34(33-27)24-14-5-4-6-15-24)17-25-29(36)35-28(21-11-7-8-12-21)26(30(37)38-3)20(2)32-31(35)39-25/h4-11,13-18,28H,12H2,1-3H3/b25-17-. The Balaban J connectivity index is 1.56. The van der Waals surface area contributed by atoms with Crippen LogP contribution in [0.15, 0.2) is 110 Å². The molecule has 3 heterocycles. The number of rotatable bonds is 5. The number of oxazole rings is 1. The number of para-hydroxylation sites is 1. The number of nitrogens with zero attached hydrogens (tertiary/aromatic N) is 4. The van der Waals surface area contributed by atoms with Crippen molar-refractivity contribution in [3.63, 3.8) is 0 Å². The Hall–Kier alpha value is -4.98. The van der Waals surface area contributed by atoms with Crippen LogP contribution in [0, 0.1) is 6.92 Å². The first-order valence-electron chi connectivity index (χ1n) is 12.6. The van der Waals surface area contributed by atoms with Gasteiger partial charge in [-0.2, -0.15) is 5.10 Å². The first-order valence-corrected chi connectivity index (χ1v) is 12.6. The van der Waals surface area contributed by atoms with E-state index in [0.717, 1.165) is 22.4 Å². The summed E-state index contributed by atoms with van der Waals surface area (Å²) in [7, 11) is 1.32. The SMILES string of the molecule is COC(=O)C1=C(C)N=c2o/c(=C\c3cn(-c4ccccc4)nc3-c3cccc(C)c3)c(=O)n2C1C1=CC=CC1. The van der Waals surface area contributed by atoms with Crippen LogP contribution in [0.25, 0.3) is 23.0 Å². The van der Waals surface area contributed by atoms with Gasteiger partial charge in [-0.05, 0) is 50.1 Å². The van der Waals surface area contributed by atoms with Crippen molar-refractivity contribution < 1.29 is 13.9 Å². The topological polar surface area (TPSA) is 91.6 Å². The van der Waals surface area contributed by atoms with E-state index in [0.29, 0.717) is 28.9 Å². The summed E-state index contributed by atoms with van der Waals surface area (Å²) in [4.78, 5) is 31.1. The van der Waals surface area contributed by atoms with E-state index in [1.54, 1.807) is 17.7 Å². The molecule has 0 saturated carbocycles. The summed E-state index contributed by atoms with van der Waals surface area (Å²) in [6.45, 7) is 3.75. The van der Waals surface area contributed by atoms with Gasteiger partial charge in [0.15, 0.2) is 5.42 Å². The lowest BCUT2D eigenvalue weighted by Gasteiger charge is -2.24. The maximum absolute atomic E-state index is 13.9. The highest BCUT2D eigenvalue weighted by molar-refractivity contribution is 5.91. The molecule has 39 heavy (non-hydrogen) atoms. The largest absolute Gasteiger partial charge is 0.466 e. The molecule has 4 aromatic rings. The normalized spacial score (nSPS) is 16.7. The molecule has 1 aliphatic carbocycles. The number of aromatic nitrogens is 3. The van der Waals surface area contributed by atoms with E-state index >= 15 is 0 Å². The molecule has 2 aromatic carbocycles. The predicted octanol–water partition coefficient (Wildman–Crippen LogP) is 3.94. The van der Waals surface area contributed by atoms with Gasteiger partial charge < -0.3 is 9.15 Å². The number of hydrogen-bond acceptors (Lipinski definition) is 6. The fourth-order valence-electron chi connectivity index (χ4n) is 5.07. The summed E-state index contributed by atoms with van der Waals surface area (Å²) >= 11 is 0. The monoisotopic (exact) mass is 518 g/mol. The second-order valence-corrected chi connectivity index (χ2v) is 9.53. The maximum Gasteiger partial charge on any atom is 0.338 e. The minimum atomic E-state index is -0.665. The van der Waals surface area contributed by atoms with Gasteiger partial charge in [-0.25, -0.2) is 19.0 Å². The lowest BCUT2D eigenvalue weighted by molar-refractivity contribution is -0.136. The van der Waals surface area contributed by atoms with Gasteiger partial charge >= 0.3 is 11.7 Å². The van der Waals surface area contributed by atoms with E-state index in [-0.39, 0.29) is 16.7 Å². The molecule has 2 aromatic heterocycles. The molecule has 1 aliphatic heterocycles. The highest BCUT2D eigenvalue weighted by Gasteiger charge is 2.35. The van der Waals surface area contributed by atoms with Gasteiger partial charge in [0.1, 0.15) is 5.69 Å². The molecule has 0 bridgehead atoms. The zero-order valence-corrected chi connectivity index (χ0v) is 21.8. The van der Waals surface area contributed by atoms with Gasteiger partial charge in [0.2, 0.25) is 0 Å². The van der Waals surface area contributed by atoms with E-state index in [1.807, 2.05) is 79.9 Å². The Bertz CT molecular complexity index is 1880. The highest BCUT2D eigenvalue weighted by atomic mass is 16.5. The van der Waals surface area contributed by atoms with E-state index in [1.165, 1.54) is 11.7 Å². The molecule has 0 radical (unpaired) electrons. The van der Waals surface area contributed by atoms with Gasteiger partial charge in [-0.1, -0.05) is 60.2 Å². The van der Waals surface area contributed by atoms with Crippen LogP contribution in [0.3, 0.4) is 0 Å². The summed E-state index contributed by atoms with van der Waals surface area (Å²) in [6.07, 6.45) is 9.98. The van der Waals surface area contributed by atoms with Crippen LogP contribution >= 0.6 is 0 Å². The number of allylic oxidation sites excluding steroid dienone is 5. The number of ether oxygens (including phenoxy) is 1. The number of carbonyl (C=O) groups excluding carboxylic acids is 1. The fourth-order valence-corrected chi connectivity index (χ4v) is 5.07. The first-order chi connectivity index (χ1) is 18.9. The van der Waals surface area contributed by atoms with Crippen molar-refractivity contribution in [1.82, 2.24) is 14.3 Å². The van der Waals surface area contributed by atoms with Crippen LogP contribution in [0.4, 0.5) is 0 Å². The smallest absolute Gasteiger partial charge is 0.338 e. The Labute approximate surface area is 224 Å². The minimum Gasteiger partial charge on any atom is -0.466 e. The highest BCUT2D eigenvalue weighted by Crippen LogP contribution is 2.34. The average Bonchev–Trinajstić information content (AvgIpc) is 3.69. The second kappa shape index (κ2) is 9.72. The molecular weight excluding hydrogens is 492 g/mol. The molecule has 8 nitrogen and oxygen atoms in total. The van der Waals surface area contributed by atoms with Gasteiger partial charge in [0.05, 0.1) is 30.1 Å². The van der Waals surface area contributed by atoms with Crippen molar-refractivity contribution in [3.8, 4) is 16.9 Å². The molecule has 6 rings (SSSR count). The van der Waals surface area contributed by atoms with Crippen LogP contribution in [0.5, 0.6) is 0 Å². The van der Waals surface area contributed by atoms with Crippen LogP contribution < -0.4 is 16.7 Å². The molecule has 0 spiro atoms. The van der Waals surface area contributed by atoms with Crippen LogP contribution in [0.2, 0.25) is 0 Å². The number of hydrogen-bond donors (Lipinski definition) is 0. The maximum atomic E-state index is 13.9. The fraction of sp³-hybridized carbons (Fsp3) is 0.161. The minimum absolute atomic E-state index is 0.103. The molecule has 0 amide bonds. The Kier molecular flexibility index (Phi) is 6.07. The number of carbonyl (C=O) groups is 1. The van der Waals surface area contributed by atoms with Crippen molar-refractivity contribution in [1.29, 1.82) is 0 Å². The first kappa shape index (κ1) is 24.4. The van der Waals surface area contributed by atoms with Crippen molar-refractivity contribution in [3.05, 3.63) is 128 Å². The van der Waals surface area contributed by atoms with Crippen LogP contribution in [-0.2, 0) is 9.53 Å². The van der Waals surface area contributed by atoms with Crippen molar-refractivity contribution in [2.24, 2.45) is 4.99 Å². The van der Waals surface area contributed by atoms with Crippen molar-refractivity contribution in [2.75, 3.05) is 7.11 Å². The molecule has 0 saturated heterocycles. The number of methoxy groups -OCH3 is 1. The van der Waals surface area contributed by atoms with E-state index < -0.39 is 12.0 Å². The Morgan fingerprint density at radius 3 is 2.67 bits per heavy atom. The van der Waals surface area contributed by atoms with Crippen molar-refractivity contribution >= 4 is 12.0 Å². The van der Waals surface area contributed by atoms with Crippen LogP contribution in [0.1, 0.15) is 30.5 Å². The van der Waals surface area contributed by atoms with E-state index in [4.69, 9.17) is 14.3 Å². The molecule has 194 valence electrons. The van der Waals surface area contributed by atoms with Gasteiger partial charge in [-0.15, -0.1) is 0 Å². The van der Waals surface area contributed by atoms with Gasteiger partial charge in [-0.3, -0.25) is 4.79 Å². The summed E-state index contributed by atoms with van der Waals surface area (Å²) in [6, 6.07) is 17.1. The number of fused-ring (bicyclic) bond motifs is 1. The number of benzene rings is 2. The summed E-state index contributed by atoms with van der Waals surface area (Å²) in [5.41, 5.74) is 5.85.